The van der Waals surface area contributed by atoms with Crippen molar-refractivity contribution in [3.05, 3.63) is 40.5 Å². The molecule has 0 amide bonds. The first-order valence-corrected chi connectivity index (χ1v) is 3.45. The number of oxime groups is 1. The molecule has 0 bridgehead atoms. The molecule has 1 rings (SSSR count). The minimum Gasteiger partial charge on any atom is -0.411 e. The van der Waals surface area contributed by atoms with E-state index in [-0.39, 0.29) is 0 Å². The summed E-state index contributed by atoms with van der Waals surface area (Å²) in [4.78, 5) is 10.1. The molecule has 1 aliphatic rings. The van der Waals surface area contributed by atoms with E-state index in [9.17, 15) is 4.91 Å². The molecule has 4 nitrogen and oxygen atoms in total. The van der Waals surface area contributed by atoms with Crippen molar-refractivity contribution >= 4 is 6.21 Å². The molecule has 0 aromatic heterocycles. The number of nitrogens with zero attached hydrogens (tertiary/aromatic N) is 2. The molecule has 0 aromatic rings. The first kappa shape index (κ1) is 8.39. The normalized spacial score (nSPS) is 17.0. The molecular weight excluding hydrogens is 156 g/mol. The molecule has 62 valence electrons. The molecule has 0 aromatic carbocycles. The number of hydrogen-bond acceptors (Lipinski definition) is 4. The lowest BCUT2D eigenvalue weighted by molar-refractivity contribution is 0.322. The van der Waals surface area contributed by atoms with Crippen molar-refractivity contribution in [2.24, 2.45) is 10.3 Å². The zero-order chi connectivity index (χ0) is 8.81. The van der Waals surface area contributed by atoms with Gasteiger partial charge in [-0.3, -0.25) is 0 Å². The van der Waals surface area contributed by atoms with Crippen molar-refractivity contribution in [1.29, 1.82) is 0 Å². The van der Waals surface area contributed by atoms with Crippen LogP contribution in [-0.4, -0.2) is 11.4 Å². The van der Waals surface area contributed by atoms with Crippen LogP contribution in [0.15, 0.2) is 45.9 Å². The highest BCUT2D eigenvalue weighted by Crippen LogP contribution is 2.10. The summed E-state index contributed by atoms with van der Waals surface area (Å²) in [6.07, 6.45) is 8.62. The highest BCUT2D eigenvalue weighted by molar-refractivity contribution is 5.82. The lowest BCUT2D eigenvalue weighted by Gasteiger charge is -1.84. The van der Waals surface area contributed by atoms with Crippen molar-refractivity contribution in [2.45, 2.75) is 6.42 Å². The Morgan fingerprint density at radius 3 is 3.00 bits per heavy atom. The maximum Gasteiger partial charge on any atom is 0.0886 e. The van der Waals surface area contributed by atoms with Crippen LogP contribution in [0.25, 0.3) is 0 Å². The van der Waals surface area contributed by atoms with Gasteiger partial charge in [-0.15, -0.1) is 4.91 Å². The summed E-state index contributed by atoms with van der Waals surface area (Å²) in [5.41, 5.74) is 1.20. The molecule has 0 saturated carbocycles. The maximum atomic E-state index is 10.1. The smallest absolute Gasteiger partial charge is 0.0886 e. The van der Waals surface area contributed by atoms with Crippen molar-refractivity contribution < 1.29 is 5.21 Å². The molecule has 0 saturated heterocycles. The fourth-order valence-electron chi connectivity index (χ4n) is 0.852. The average Bonchev–Trinajstić information content (AvgIpc) is 2.31. The minimum atomic E-state index is 0.465. The number of hydrogen-bond donors (Lipinski definition) is 1. The minimum absolute atomic E-state index is 0.465. The third-order valence-electron chi connectivity index (χ3n) is 1.43. The summed E-state index contributed by atoms with van der Waals surface area (Å²) < 4.78 is 0. The Morgan fingerprint density at radius 1 is 1.50 bits per heavy atom. The van der Waals surface area contributed by atoms with Crippen LogP contribution in [0.2, 0.25) is 0 Å². The van der Waals surface area contributed by atoms with Crippen LogP contribution in [0.3, 0.4) is 0 Å². The van der Waals surface area contributed by atoms with Gasteiger partial charge in [0.05, 0.1) is 11.9 Å². The summed E-state index contributed by atoms with van der Waals surface area (Å²) in [6, 6.07) is 0. The largest absolute Gasteiger partial charge is 0.411 e. The topological polar surface area (TPSA) is 62.0 Å². The number of nitroso groups, excluding NO2 is 1. The van der Waals surface area contributed by atoms with E-state index in [1.54, 1.807) is 24.3 Å². The van der Waals surface area contributed by atoms with Crippen LogP contribution in [-0.2, 0) is 0 Å². The van der Waals surface area contributed by atoms with E-state index in [1.165, 1.54) is 6.21 Å². The van der Waals surface area contributed by atoms with E-state index in [4.69, 9.17) is 5.21 Å². The predicted molar refractivity (Wildman–Crippen MR) is 46.0 cm³/mol. The van der Waals surface area contributed by atoms with Gasteiger partial charge in [0.15, 0.2) is 0 Å². The van der Waals surface area contributed by atoms with Gasteiger partial charge in [-0.05, 0) is 16.8 Å². The quantitative estimate of drug-likeness (QED) is 0.293. The van der Waals surface area contributed by atoms with Gasteiger partial charge in [-0.1, -0.05) is 23.4 Å². The van der Waals surface area contributed by atoms with E-state index in [0.717, 1.165) is 5.57 Å². The van der Waals surface area contributed by atoms with Crippen LogP contribution in [0.5, 0.6) is 0 Å². The molecule has 0 spiro atoms. The molecule has 0 radical (unpaired) electrons. The lowest BCUT2D eigenvalue weighted by Crippen LogP contribution is -1.76. The van der Waals surface area contributed by atoms with Crippen LogP contribution < -0.4 is 0 Å². The second kappa shape index (κ2) is 4.23. The fraction of sp³-hybridized carbons (Fsp3) is 0.125. The monoisotopic (exact) mass is 164 g/mol. The first-order chi connectivity index (χ1) is 5.86. The highest BCUT2D eigenvalue weighted by atomic mass is 16.4. The third kappa shape index (κ3) is 2.16. The van der Waals surface area contributed by atoms with Crippen molar-refractivity contribution in [3.8, 4) is 0 Å². The van der Waals surface area contributed by atoms with Crippen molar-refractivity contribution in [2.75, 3.05) is 0 Å². The molecule has 1 aliphatic carbocycles. The average molecular weight is 164 g/mol. The summed E-state index contributed by atoms with van der Waals surface area (Å²) in [5, 5.41) is 13.9. The standard InChI is InChI=1S/C8H8N2O2/c11-9-6-7-2-1-3-8(10-12)5-4-7/h1-2,4-6,11H,3H2/b9-6+. The van der Waals surface area contributed by atoms with E-state index >= 15 is 0 Å². The number of allylic oxidation sites excluding steroid dienone is 5. The zero-order valence-electron chi connectivity index (χ0n) is 6.34. The molecule has 0 heterocycles. The Bertz CT molecular complexity index is 287. The van der Waals surface area contributed by atoms with Gasteiger partial charge in [-0.2, -0.15) is 0 Å². The van der Waals surface area contributed by atoms with Crippen LogP contribution in [0.4, 0.5) is 0 Å². The summed E-state index contributed by atoms with van der Waals surface area (Å²) in [5.74, 6) is 0. The highest BCUT2D eigenvalue weighted by Gasteiger charge is 1.96. The Balaban J connectivity index is 2.84. The molecule has 0 aliphatic heterocycles. The third-order valence-corrected chi connectivity index (χ3v) is 1.43. The molecule has 0 atom stereocenters. The lowest BCUT2D eigenvalue weighted by atomic mass is 10.2. The Kier molecular flexibility index (Phi) is 2.95. The predicted octanol–water partition coefficient (Wildman–Crippen LogP) is 1.98. The summed E-state index contributed by atoms with van der Waals surface area (Å²) in [6.45, 7) is 0. The Morgan fingerprint density at radius 2 is 2.33 bits per heavy atom. The first-order valence-electron chi connectivity index (χ1n) is 3.45. The van der Waals surface area contributed by atoms with Gasteiger partial charge >= 0.3 is 0 Å². The summed E-state index contributed by atoms with van der Waals surface area (Å²) >= 11 is 0. The number of rotatable bonds is 2. The second-order valence-electron chi connectivity index (χ2n) is 2.27. The van der Waals surface area contributed by atoms with Gasteiger partial charge in [0.25, 0.3) is 0 Å². The fourth-order valence-corrected chi connectivity index (χ4v) is 0.852. The van der Waals surface area contributed by atoms with Gasteiger partial charge in [0.1, 0.15) is 0 Å². The Hall–Kier alpha value is -1.71. The van der Waals surface area contributed by atoms with Crippen molar-refractivity contribution in [1.82, 2.24) is 0 Å². The molecule has 0 fully saturated rings. The van der Waals surface area contributed by atoms with Gasteiger partial charge in [0.2, 0.25) is 0 Å². The molecule has 0 unspecified atom stereocenters. The van der Waals surface area contributed by atoms with Crippen LogP contribution in [0.1, 0.15) is 6.42 Å². The van der Waals surface area contributed by atoms with Crippen LogP contribution >= 0.6 is 0 Å². The molecule has 1 N–H and O–H groups in total. The maximum absolute atomic E-state index is 10.1. The van der Waals surface area contributed by atoms with E-state index in [0.29, 0.717) is 12.1 Å². The van der Waals surface area contributed by atoms with Gasteiger partial charge in [0, 0.05) is 6.42 Å². The zero-order valence-corrected chi connectivity index (χ0v) is 6.34. The van der Waals surface area contributed by atoms with Crippen LogP contribution in [0, 0.1) is 4.91 Å². The Labute approximate surface area is 69.6 Å². The molecule has 4 heteroatoms. The molecule has 12 heavy (non-hydrogen) atoms. The van der Waals surface area contributed by atoms with E-state index < -0.39 is 0 Å². The second-order valence-corrected chi connectivity index (χ2v) is 2.27. The van der Waals surface area contributed by atoms with Gasteiger partial charge < -0.3 is 5.21 Å². The van der Waals surface area contributed by atoms with E-state index in [2.05, 4.69) is 10.3 Å². The SMILES string of the molecule is O=NC1=CC=C(/C=N/O)C=CC1. The van der Waals surface area contributed by atoms with Gasteiger partial charge in [-0.25, -0.2) is 0 Å². The molecular formula is C8H8N2O2. The summed E-state index contributed by atoms with van der Waals surface area (Å²) in [7, 11) is 0. The van der Waals surface area contributed by atoms with E-state index in [1.807, 2.05) is 0 Å². The van der Waals surface area contributed by atoms with Crippen molar-refractivity contribution in [3.63, 3.8) is 0 Å².